The van der Waals surface area contributed by atoms with Gasteiger partial charge < -0.3 is 42.6 Å². The molecule has 4 aromatic heterocycles. The molecule has 16 nitrogen and oxygen atoms in total. The number of likely N-dealkylation sites (tertiary alicyclic amines) is 2. The summed E-state index contributed by atoms with van der Waals surface area (Å²) in [5.74, 6) is 2.53. The molecule has 74 heavy (non-hydrogen) atoms. The first-order valence-electron chi connectivity index (χ1n) is 25.1. The Morgan fingerprint density at radius 1 is 0.608 bits per heavy atom. The van der Waals surface area contributed by atoms with Gasteiger partial charge in [-0.05, 0) is 160 Å². The molecule has 0 N–H and O–H groups in total. The van der Waals surface area contributed by atoms with Crippen molar-refractivity contribution in [3.05, 3.63) is 119 Å². The predicted octanol–water partition coefficient (Wildman–Crippen LogP) is 13.6. The summed E-state index contributed by atoms with van der Waals surface area (Å²) in [6.07, 6.45) is 3.49. The first-order chi connectivity index (χ1) is 34.7. The summed E-state index contributed by atoms with van der Waals surface area (Å²) in [6.45, 7) is 33.8. The second-order valence-corrected chi connectivity index (χ2v) is 20.6. The summed E-state index contributed by atoms with van der Waals surface area (Å²) >= 11 is 3.51. The molecule has 0 atom stereocenters. The number of hydrogen-bond donors (Lipinski definition) is 0. The molecular weight excluding hydrogens is 1050 g/mol. The number of carbonyl (C=O) groups is 2. The van der Waals surface area contributed by atoms with E-state index < -0.39 is 11.2 Å². The zero-order valence-corrected chi connectivity index (χ0v) is 50.4. The number of piperidine rings is 2. The van der Waals surface area contributed by atoms with Gasteiger partial charge in [-0.3, -0.25) is 0 Å². The van der Waals surface area contributed by atoms with Gasteiger partial charge in [-0.2, -0.15) is 13.8 Å². The number of benzene rings is 2. The van der Waals surface area contributed by atoms with Crippen LogP contribution in [-0.4, -0.2) is 99.3 Å². The van der Waals surface area contributed by atoms with Crippen LogP contribution < -0.4 is 9.47 Å². The number of rotatable bonds is 9. The van der Waals surface area contributed by atoms with E-state index in [-0.39, 0.29) is 43.7 Å². The Morgan fingerprint density at radius 2 is 1.00 bits per heavy atom. The van der Waals surface area contributed by atoms with E-state index in [0.29, 0.717) is 37.9 Å². The van der Waals surface area contributed by atoms with Crippen molar-refractivity contribution in [3.63, 3.8) is 0 Å². The number of ether oxygens (including phenoxy) is 4. The molecule has 0 saturated carbocycles. The minimum atomic E-state index is -0.503. The molecule has 0 unspecified atom stereocenters. The standard InChI is InChI=1S/C27H35N5O3.C25H30BrN5O3.2C2H5.Zn/c1-7-20-15-18(2)16-22(17-20)34-24-10-8-9-23(28-24)25-19(3)29-30-32(25)21-11-13-31(14-12-21)26(33)35-27(4,5)6;1-16-13-18(26)15-20(14-16)33-22-8-6-7-21(27-22)23-17(2)28-29-31(23)19-9-11-30(12-10-19)24(32)34-25(3,4)5;2*1-2;/h8-10,15-17,21H,7,11-14H2,1-6H3;6-8,13-15,19H,9-12H2,1-5H3;2*1H2,2H3;/q;;2*-1;+2. The van der Waals surface area contributed by atoms with Crippen LogP contribution >= 0.6 is 15.9 Å². The Balaban J connectivity index is 0.000000297. The SMILES string of the molecule is CCc1cc(C)cc(Oc2cccc(-c3c(C)nnn3C3CCN(C(=O)OC(C)(C)C)CC3)n2)c1.Cc1cc(Br)cc(Oc2cccc(-c3c(C)nnn3C3CCN(C(=O)OC(C)(C)C)CC3)n2)c1.[CH2-]C.[CH2-]C.[Zn+2]. The molecule has 2 aromatic carbocycles. The van der Waals surface area contributed by atoms with Crippen LogP contribution in [-0.2, 0) is 35.4 Å². The van der Waals surface area contributed by atoms with E-state index in [1.165, 1.54) is 5.56 Å². The van der Waals surface area contributed by atoms with Crippen LogP contribution in [0.5, 0.6) is 23.3 Å². The molecule has 18 heteroatoms. The van der Waals surface area contributed by atoms with Crippen LogP contribution in [0, 0.1) is 41.5 Å². The Morgan fingerprint density at radius 3 is 1.38 bits per heavy atom. The van der Waals surface area contributed by atoms with Crippen molar-refractivity contribution >= 4 is 28.1 Å². The van der Waals surface area contributed by atoms with Crippen LogP contribution in [0.2, 0.25) is 0 Å². The number of halogens is 1. The molecule has 6 aromatic rings. The van der Waals surface area contributed by atoms with Crippen molar-refractivity contribution in [2.45, 2.75) is 145 Å². The average molecular weight is 1130 g/mol. The van der Waals surface area contributed by atoms with Crippen LogP contribution in [0.25, 0.3) is 22.8 Å². The van der Waals surface area contributed by atoms with Crippen LogP contribution in [0.4, 0.5) is 9.59 Å². The molecule has 394 valence electrons. The van der Waals surface area contributed by atoms with Gasteiger partial charge in [0, 0.05) is 42.8 Å². The van der Waals surface area contributed by atoms with Crippen molar-refractivity contribution in [3.8, 4) is 46.0 Å². The summed E-state index contributed by atoms with van der Waals surface area (Å²) in [7, 11) is 0. The molecule has 2 fully saturated rings. The monoisotopic (exact) mass is 1130 g/mol. The van der Waals surface area contributed by atoms with Crippen LogP contribution in [0.15, 0.2) is 77.3 Å². The fraction of sp³-hybridized carbons (Fsp3) is 0.464. The van der Waals surface area contributed by atoms with Crippen molar-refractivity contribution in [1.82, 2.24) is 49.8 Å². The second kappa shape index (κ2) is 27.7. The van der Waals surface area contributed by atoms with Crippen molar-refractivity contribution in [2.24, 2.45) is 0 Å². The third-order valence-corrected chi connectivity index (χ3v) is 12.0. The zero-order chi connectivity index (χ0) is 53.6. The van der Waals surface area contributed by atoms with E-state index in [0.717, 1.165) is 93.4 Å². The molecule has 2 aliphatic rings. The van der Waals surface area contributed by atoms with Crippen molar-refractivity contribution < 1.29 is 48.0 Å². The summed E-state index contributed by atoms with van der Waals surface area (Å²) < 4.78 is 28.1. The molecule has 0 bridgehead atoms. The minimum absolute atomic E-state index is 0. The molecule has 2 saturated heterocycles. The Labute approximate surface area is 460 Å². The van der Waals surface area contributed by atoms with E-state index in [2.05, 4.69) is 76.4 Å². The number of aryl methyl sites for hydroxylation is 5. The normalized spacial score (nSPS) is 13.9. The third-order valence-electron chi connectivity index (χ3n) is 11.6. The number of carbonyl (C=O) groups excluding carboxylic acids is 2. The summed E-state index contributed by atoms with van der Waals surface area (Å²) in [4.78, 5) is 37.9. The van der Waals surface area contributed by atoms with Crippen molar-refractivity contribution in [1.29, 1.82) is 0 Å². The zero-order valence-electron chi connectivity index (χ0n) is 45.9. The van der Waals surface area contributed by atoms with Gasteiger partial charge in [-0.25, -0.2) is 28.9 Å². The second-order valence-electron chi connectivity index (χ2n) is 19.7. The minimum Gasteiger partial charge on any atom is -0.444 e. The molecule has 8 rings (SSSR count). The maximum Gasteiger partial charge on any atom is 2.00 e. The molecular formula is C56H75BrN10O6Zn. The predicted molar refractivity (Wildman–Crippen MR) is 290 cm³/mol. The van der Waals surface area contributed by atoms with E-state index in [4.69, 9.17) is 28.9 Å². The molecule has 0 spiro atoms. The summed E-state index contributed by atoms with van der Waals surface area (Å²) in [6, 6.07) is 23.8. The van der Waals surface area contributed by atoms with E-state index in [1.54, 1.807) is 23.6 Å². The van der Waals surface area contributed by atoms with Gasteiger partial charge in [0.15, 0.2) is 0 Å². The van der Waals surface area contributed by atoms with Gasteiger partial charge in [-0.1, -0.05) is 51.5 Å². The Hall–Kier alpha value is -5.74. The average Bonchev–Trinajstić information content (AvgIpc) is 3.93. The van der Waals surface area contributed by atoms with Gasteiger partial charge >= 0.3 is 31.7 Å². The van der Waals surface area contributed by atoms with Gasteiger partial charge in [0.25, 0.3) is 0 Å². The number of pyridine rings is 2. The first-order valence-corrected chi connectivity index (χ1v) is 25.9. The van der Waals surface area contributed by atoms with Gasteiger partial charge in [0.05, 0.1) is 34.9 Å². The first kappa shape index (κ1) is 60.8. The van der Waals surface area contributed by atoms with Gasteiger partial charge in [0.1, 0.15) is 34.1 Å². The maximum atomic E-state index is 12.4. The van der Waals surface area contributed by atoms with E-state index >= 15 is 0 Å². The maximum absolute atomic E-state index is 12.4. The number of aromatic nitrogens is 8. The number of nitrogens with zero attached hydrogens (tertiary/aromatic N) is 10. The molecule has 2 amide bonds. The van der Waals surface area contributed by atoms with Crippen molar-refractivity contribution in [2.75, 3.05) is 26.2 Å². The fourth-order valence-electron chi connectivity index (χ4n) is 8.40. The topological polar surface area (TPSA) is 165 Å². The molecule has 2 aliphatic heterocycles. The summed E-state index contributed by atoms with van der Waals surface area (Å²) in [5, 5.41) is 17.5. The largest absolute Gasteiger partial charge is 2.00 e. The van der Waals surface area contributed by atoms with Gasteiger partial charge in [-0.15, -0.1) is 10.2 Å². The van der Waals surface area contributed by atoms with Crippen LogP contribution in [0.1, 0.15) is 128 Å². The third kappa shape index (κ3) is 17.2. The number of amides is 2. The molecule has 6 heterocycles. The Kier molecular flexibility index (Phi) is 22.8. The summed E-state index contributed by atoms with van der Waals surface area (Å²) in [5.41, 5.74) is 7.36. The van der Waals surface area contributed by atoms with Gasteiger partial charge in [0.2, 0.25) is 11.8 Å². The Bertz CT molecular complexity index is 2730. The smallest absolute Gasteiger partial charge is 0.444 e. The number of hydrogen-bond acceptors (Lipinski definition) is 12. The molecule has 0 aliphatic carbocycles. The van der Waals surface area contributed by atoms with E-state index in [9.17, 15) is 9.59 Å². The van der Waals surface area contributed by atoms with E-state index in [1.807, 2.05) is 132 Å². The quantitative estimate of drug-likeness (QED) is 0.0995. The van der Waals surface area contributed by atoms with Crippen LogP contribution in [0.3, 0.4) is 0 Å². The fourth-order valence-corrected chi connectivity index (χ4v) is 8.99. The molecule has 0 radical (unpaired) electrons.